The van der Waals surface area contributed by atoms with E-state index in [0.29, 0.717) is 6.54 Å². The summed E-state index contributed by atoms with van der Waals surface area (Å²) in [6.07, 6.45) is 0. The van der Waals surface area contributed by atoms with E-state index in [2.05, 4.69) is 26.1 Å². The van der Waals surface area contributed by atoms with Crippen LogP contribution < -0.4 is 16.0 Å². The van der Waals surface area contributed by atoms with Gasteiger partial charge in [-0.1, -0.05) is 6.07 Å². The first-order valence-corrected chi connectivity index (χ1v) is 7.24. The molecule has 0 unspecified atom stereocenters. The lowest BCUT2D eigenvalue weighted by atomic mass is 9.97. The molecule has 1 atom stereocenters. The van der Waals surface area contributed by atoms with E-state index in [9.17, 15) is 4.79 Å². The Balaban J connectivity index is 2.38. The van der Waals surface area contributed by atoms with Gasteiger partial charge in [-0.3, -0.25) is 4.79 Å². The molecule has 0 saturated carbocycles. The SMILES string of the molecule is C[C@H](N)c1ccc(N2CCNC(=O)C2(C)C)c(Br)c1. The first-order valence-electron chi connectivity index (χ1n) is 6.45. The van der Waals surface area contributed by atoms with Crippen molar-refractivity contribution in [3.63, 3.8) is 0 Å². The third kappa shape index (κ3) is 2.62. The number of nitrogens with zero attached hydrogens (tertiary/aromatic N) is 1. The summed E-state index contributed by atoms with van der Waals surface area (Å²) in [6, 6.07) is 6.09. The summed E-state index contributed by atoms with van der Waals surface area (Å²) in [6.45, 7) is 7.30. The molecule has 0 bridgehead atoms. The van der Waals surface area contributed by atoms with Crippen molar-refractivity contribution in [2.45, 2.75) is 32.4 Å². The molecule has 1 aromatic rings. The van der Waals surface area contributed by atoms with Crippen molar-refractivity contribution in [3.05, 3.63) is 28.2 Å². The van der Waals surface area contributed by atoms with Crippen LogP contribution in [0, 0.1) is 0 Å². The molecule has 19 heavy (non-hydrogen) atoms. The summed E-state index contributed by atoms with van der Waals surface area (Å²) in [5, 5.41) is 2.91. The fraction of sp³-hybridized carbons (Fsp3) is 0.500. The molecule has 1 aromatic carbocycles. The molecule has 0 spiro atoms. The van der Waals surface area contributed by atoms with Crippen LogP contribution in [0.5, 0.6) is 0 Å². The summed E-state index contributed by atoms with van der Waals surface area (Å²) in [4.78, 5) is 14.1. The van der Waals surface area contributed by atoms with Gasteiger partial charge in [0.2, 0.25) is 5.91 Å². The Kier molecular flexibility index (Phi) is 3.87. The zero-order chi connectivity index (χ0) is 14.2. The Labute approximate surface area is 122 Å². The highest BCUT2D eigenvalue weighted by atomic mass is 79.9. The van der Waals surface area contributed by atoms with Crippen molar-refractivity contribution in [1.29, 1.82) is 0 Å². The van der Waals surface area contributed by atoms with Crippen molar-refractivity contribution in [2.75, 3.05) is 18.0 Å². The molecule has 3 N–H and O–H groups in total. The van der Waals surface area contributed by atoms with Gasteiger partial charge in [-0.25, -0.2) is 0 Å². The van der Waals surface area contributed by atoms with Crippen LogP contribution >= 0.6 is 15.9 Å². The number of piperazine rings is 1. The van der Waals surface area contributed by atoms with E-state index in [-0.39, 0.29) is 11.9 Å². The Hall–Kier alpha value is -1.07. The normalized spacial score (nSPS) is 20.1. The fourth-order valence-electron chi connectivity index (χ4n) is 2.35. The van der Waals surface area contributed by atoms with Gasteiger partial charge in [0.1, 0.15) is 5.54 Å². The van der Waals surface area contributed by atoms with Crippen molar-refractivity contribution >= 4 is 27.5 Å². The molecule has 5 heteroatoms. The summed E-state index contributed by atoms with van der Waals surface area (Å²) >= 11 is 3.59. The van der Waals surface area contributed by atoms with Gasteiger partial charge in [-0.05, 0) is 54.4 Å². The molecule has 104 valence electrons. The second-order valence-corrected chi connectivity index (χ2v) is 6.32. The van der Waals surface area contributed by atoms with Crippen LogP contribution in [-0.4, -0.2) is 24.5 Å². The number of hydrogen-bond donors (Lipinski definition) is 2. The molecule has 0 radical (unpaired) electrons. The van der Waals surface area contributed by atoms with Crippen LogP contribution in [0.4, 0.5) is 5.69 Å². The van der Waals surface area contributed by atoms with Gasteiger partial charge in [0.05, 0.1) is 5.69 Å². The lowest BCUT2D eigenvalue weighted by Crippen LogP contribution is -2.62. The predicted molar refractivity (Wildman–Crippen MR) is 81.2 cm³/mol. The first-order chi connectivity index (χ1) is 8.84. The number of benzene rings is 1. The van der Waals surface area contributed by atoms with Crippen molar-refractivity contribution in [1.82, 2.24) is 5.32 Å². The standard InChI is InChI=1S/C14H20BrN3O/c1-9(16)10-4-5-12(11(15)8-10)18-7-6-17-13(19)14(18,2)3/h4-5,8-9H,6-7,16H2,1-3H3,(H,17,19)/t9-/m0/s1. The lowest BCUT2D eigenvalue weighted by molar-refractivity contribution is -0.126. The maximum Gasteiger partial charge on any atom is 0.245 e. The second-order valence-electron chi connectivity index (χ2n) is 5.47. The summed E-state index contributed by atoms with van der Waals surface area (Å²) in [7, 11) is 0. The predicted octanol–water partition coefficient (Wildman–Crippen LogP) is 2.18. The Bertz CT molecular complexity index is 499. The second kappa shape index (κ2) is 5.13. The summed E-state index contributed by atoms with van der Waals surface area (Å²) in [5.41, 5.74) is 7.45. The van der Waals surface area contributed by atoms with Crippen molar-refractivity contribution < 1.29 is 4.79 Å². The number of carbonyl (C=O) groups is 1. The summed E-state index contributed by atoms with van der Waals surface area (Å²) in [5.74, 6) is 0.0573. The minimum absolute atomic E-state index is 0.00279. The van der Waals surface area contributed by atoms with Crippen LogP contribution in [0.25, 0.3) is 0 Å². The number of hydrogen-bond acceptors (Lipinski definition) is 3. The van der Waals surface area contributed by atoms with Gasteiger partial charge in [-0.15, -0.1) is 0 Å². The fourth-order valence-corrected chi connectivity index (χ4v) is 2.96. The third-order valence-corrected chi connectivity index (χ3v) is 4.27. The zero-order valence-corrected chi connectivity index (χ0v) is 13.1. The highest BCUT2D eigenvalue weighted by molar-refractivity contribution is 9.10. The van der Waals surface area contributed by atoms with Crippen LogP contribution in [0.15, 0.2) is 22.7 Å². The van der Waals surface area contributed by atoms with Gasteiger partial charge in [0, 0.05) is 23.6 Å². The topological polar surface area (TPSA) is 58.4 Å². The lowest BCUT2D eigenvalue weighted by Gasteiger charge is -2.43. The van der Waals surface area contributed by atoms with Crippen LogP contribution in [-0.2, 0) is 4.79 Å². The Morgan fingerprint density at radius 3 is 2.74 bits per heavy atom. The highest BCUT2D eigenvalue weighted by Gasteiger charge is 2.38. The molecule has 0 aliphatic carbocycles. The van der Waals surface area contributed by atoms with Crippen molar-refractivity contribution in [2.24, 2.45) is 5.73 Å². The Morgan fingerprint density at radius 2 is 2.16 bits per heavy atom. The van der Waals surface area contributed by atoms with Gasteiger partial charge < -0.3 is 16.0 Å². The molecule has 1 amide bonds. The summed E-state index contributed by atoms with van der Waals surface area (Å²) < 4.78 is 0.977. The van der Waals surface area contributed by atoms with E-state index >= 15 is 0 Å². The molecule has 1 aliphatic rings. The molecule has 4 nitrogen and oxygen atoms in total. The van der Waals surface area contributed by atoms with Gasteiger partial charge in [0.25, 0.3) is 0 Å². The maximum atomic E-state index is 12.0. The number of nitrogens with two attached hydrogens (primary N) is 1. The number of rotatable bonds is 2. The van der Waals surface area contributed by atoms with Gasteiger partial charge >= 0.3 is 0 Å². The van der Waals surface area contributed by atoms with Crippen LogP contribution in [0.1, 0.15) is 32.4 Å². The minimum Gasteiger partial charge on any atom is -0.355 e. The third-order valence-electron chi connectivity index (χ3n) is 3.64. The average molecular weight is 326 g/mol. The van der Waals surface area contributed by atoms with Crippen LogP contribution in [0.2, 0.25) is 0 Å². The minimum atomic E-state index is -0.545. The van der Waals surface area contributed by atoms with E-state index < -0.39 is 5.54 Å². The van der Waals surface area contributed by atoms with E-state index in [1.54, 1.807) is 0 Å². The van der Waals surface area contributed by atoms with Crippen molar-refractivity contribution in [3.8, 4) is 0 Å². The van der Waals surface area contributed by atoms with E-state index in [1.165, 1.54) is 0 Å². The number of nitrogens with one attached hydrogen (secondary N) is 1. The smallest absolute Gasteiger partial charge is 0.245 e. The van der Waals surface area contributed by atoms with E-state index in [1.807, 2.05) is 39.0 Å². The molecule has 0 aromatic heterocycles. The molecular formula is C14H20BrN3O. The molecule has 1 saturated heterocycles. The monoisotopic (exact) mass is 325 g/mol. The molecule has 1 aliphatic heterocycles. The largest absolute Gasteiger partial charge is 0.355 e. The average Bonchev–Trinajstić information content (AvgIpc) is 2.33. The molecular weight excluding hydrogens is 306 g/mol. The van der Waals surface area contributed by atoms with E-state index in [0.717, 1.165) is 22.3 Å². The number of amides is 1. The maximum absolute atomic E-state index is 12.0. The number of carbonyl (C=O) groups excluding carboxylic acids is 1. The zero-order valence-electron chi connectivity index (χ0n) is 11.5. The van der Waals surface area contributed by atoms with Gasteiger partial charge in [0.15, 0.2) is 0 Å². The van der Waals surface area contributed by atoms with Gasteiger partial charge in [-0.2, -0.15) is 0 Å². The number of anilines is 1. The molecule has 2 rings (SSSR count). The van der Waals surface area contributed by atoms with E-state index in [4.69, 9.17) is 5.73 Å². The highest BCUT2D eigenvalue weighted by Crippen LogP contribution is 2.34. The number of halogens is 1. The first kappa shape index (κ1) is 14.3. The molecule has 1 heterocycles. The molecule has 1 fully saturated rings. The Morgan fingerprint density at radius 1 is 1.47 bits per heavy atom. The quantitative estimate of drug-likeness (QED) is 0.876. The van der Waals surface area contributed by atoms with Crippen LogP contribution in [0.3, 0.4) is 0 Å².